The first kappa shape index (κ1) is 10.8. The number of rotatable bonds is 3. The number of phenols is 2. The molecule has 0 saturated heterocycles. The van der Waals surface area contributed by atoms with Crippen molar-refractivity contribution < 1.29 is 19.8 Å². The summed E-state index contributed by atoms with van der Waals surface area (Å²) in [6.45, 7) is 0. The van der Waals surface area contributed by atoms with Crippen LogP contribution >= 0.6 is 0 Å². The molecule has 15 heavy (non-hydrogen) atoms. The second-order valence-corrected chi connectivity index (χ2v) is 2.75. The lowest BCUT2D eigenvalue weighted by Gasteiger charge is -1.97. The molecule has 0 unspecified atom stereocenters. The third kappa shape index (κ3) is 3.14. The largest absolute Gasteiger partial charge is 0.504 e. The third-order valence-corrected chi connectivity index (χ3v) is 1.64. The summed E-state index contributed by atoms with van der Waals surface area (Å²) in [4.78, 5) is 20.7. The standard InChI is InChI=1S/C11H8O4/c12-6-5-9(13)3-1-8-2-4-10(14)11(15)7-8/h1-5,7,14-15H/b3-1+. The van der Waals surface area contributed by atoms with Crippen LogP contribution in [0.4, 0.5) is 0 Å². The average molecular weight is 204 g/mol. The molecule has 0 amide bonds. The minimum absolute atomic E-state index is 0.230. The van der Waals surface area contributed by atoms with Crippen LogP contribution in [-0.2, 0) is 9.59 Å². The average Bonchev–Trinajstić information content (AvgIpc) is 2.20. The maximum atomic E-state index is 10.9. The van der Waals surface area contributed by atoms with Gasteiger partial charge < -0.3 is 10.2 Å². The molecule has 1 aromatic rings. The van der Waals surface area contributed by atoms with Gasteiger partial charge in [0, 0.05) is 0 Å². The van der Waals surface area contributed by atoms with E-state index in [0.717, 1.165) is 12.2 Å². The summed E-state index contributed by atoms with van der Waals surface area (Å²) in [5, 5.41) is 18.1. The Labute approximate surface area is 85.8 Å². The van der Waals surface area contributed by atoms with Crippen LogP contribution in [0.15, 0.2) is 30.4 Å². The number of hydrogen-bond acceptors (Lipinski definition) is 4. The first-order valence-corrected chi connectivity index (χ1v) is 4.08. The molecule has 0 spiro atoms. The van der Waals surface area contributed by atoms with E-state index in [1.165, 1.54) is 30.2 Å². The highest BCUT2D eigenvalue weighted by molar-refractivity contribution is 6.06. The molecule has 4 nitrogen and oxygen atoms in total. The monoisotopic (exact) mass is 204 g/mol. The Morgan fingerprint density at radius 2 is 2.00 bits per heavy atom. The van der Waals surface area contributed by atoms with Crippen LogP contribution < -0.4 is 0 Å². The van der Waals surface area contributed by atoms with Gasteiger partial charge >= 0.3 is 0 Å². The lowest BCUT2D eigenvalue weighted by atomic mass is 10.1. The van der Waals surface area contributed by atoms with Crippen LogP contribution in [0.2, 0.25) is 0 Å². The maximum absolute atomic E-state index is 10.9. The van der Waals surface area contributed by atoms with E-state index < -0.39 is 5.78 Å². The highest BCUT2D eigenvalue weighted by Gasteiger charge is 1.98. The van der Waals surface area contributed by atoms with Crippen molar-refractivity contribution >= 4 is 17.8 Å². The number of carbonyl (C=O) groups excluding carboxylic acids is 2. The zero-order chi connectivity index (χ0) is 11.3. The number of carbonyl (C=O) groups is 1. The van der Waals surface area contributed by atoms with Gasteiger partial charge in [-0.1, -0.05) is 12.1 Å². The van der Waals surface area contributed by atoms with E-state index >= 15 is 0 Å². The first-order valence-electron chi connectivity index (χ1n) is 4.08. The van der Waals surface area contributed by atoms with Crippen molar-refractivity contribution in [2.24, 2.45) is 0 Å². The summed E-state index contributed by atoms with van der Waals surface area (Å²) >= 11 is 0. The van der Waals surface area contributed by atoms with Gasteiger partial charge in [0.25, 0.3) is 0 Å². The van der Waals surface area contributed by atoms with Gasteiger partial charge in [0.2, 0.25) is 0 Å². The van der Waals surface area contributed by atoms with Crippen molar-refractivity contribution in [3.63, 3.8) is 0 Å². The van der Waals surface area contributed by atoms with E-state index in [0.29, 0.717) is 5.56 Å². The lowest BCUT2D eigenvalue weighted by Crippen LogP contribution is -1.84. The van der Waals surface area contributed by atoms with Crippen LogP contribution in [0.25, 0.3) is 6.08 Å². The molecule has 76 valence electrons. The Morgan fingerprint density at radius 1 is 1.27 bits per heavy atom. The number of benzene rings is 1. The molecule has 0 aliphatic heterocycles. The fraction of sp³-hybridized carbons (Fsp3) is 0. The van der Waals surface area contributed by atoms with Crippen LogP contribution in [0.1, 0.15) is 5.56 Å². The molecule has 0 atom stereocenters. The summed E-state index contributed by atoms with van der Waals surface area (Å²) < 4.78 is 0. The van der Waals surface area contributed by atoms with Gasteiger partial charge in [-0.3, -0.25) is 4.79 Å². The molecule has 0 aliphatic rings. The fourth-order valence-electron chi connectivity index (χ4n) is 0.929. The summed E-state index contributed by atoms with van der Waals surface area (Å²) in [7, 11) is 0. The highest BCUT2D eigenvalue weighted by Crippen LogP contribution is 2.25. The van der Waals surface area contributed by atoms with Crippen molar-refractivity contribution in [2.45, 2.75) is 0 Å². The number of allylic oxidation sites excluding steroid dienone is 2. The molecule has 0 radical (unpaired) electrons. The molecular formula is C11H8O4. The summed E-state index contributed by atoms with van der Waals surface area (Å²) in [6, 6.07) is 4.11. The normalized spacial score (nSPS) is 9.87. The van der Waals surface area contributed by atoms with Gasteiger partial charge in [-0.05, 0) is 23.8 Å². The fourth-order valence-corrected chi connectivity index (χ4v) is 0.929. The molecule has 1 rings (SSSR count). The van der Waals surface area contributed by atoms with Crippen molar-refractivity contribution in [1.29, 1.82) is 0 Å². The van der Waals surface area contributed by atoms with Crippen molar-refractivity contribution in [1.82, 2.24) is 0 Å². The molecular weight excluding hydrogens is 196 g/mol. The maximum Gasteiger partial charge on any atom is 0.189 e. The van der Waals surface area contributed by atoms with E-state index in [4.69, 9.17) is 10.2 Å². The van der Waals surface area contributed by atoms with E-state index in [1.807, 2.05) is 0 Å². The van der Waals surface area contributed by atoms with Gasteiger partial charge in [-0.25, -0.2) is 4.79 Å². The van der Waals surface area contributed by atoms with E-state index in [-0.39, 0.29) is 11.5 Å². The van der Waals surface area contributed by atoms with Gasteiger partial charge in [-0.15, -0.1) is 0 Å². The van der Waals surface area contributed by atoms with E-state index in [2.05, 4.69) is 0 Å². The van der Waals surface area contributed by atoms with Crippen molar-refractivity contribution in [3.05, 3.63) is 35.9 Å². The second-order valence-electron chi connectivity index (χ2n) is 2.75. The third-order valence-electron chi connectivity index (χ3n) is 1.64. The second kappa shape index (κ2) is 4.79. The van der Waals surface area contributed by atoms with Gasteiger partial charge in [-0.2, -0.15) is 0 Å². The van der Waals surface area contributed by atoms with Crippen LogP contribution in [0, 0.1) is 0 Å². The predicted molar refractivity (Wildman–Crippen MR) is 54.1 cm³/mol. The summed E-state index contributed by atoms with van der Waals surface area (Å²) in [6.07, 6.45) is 3.34. The molecule has 0 bridgehead atoms. The molecule has 1 aromatic carbocycles. The summed E-state index contributed by atoms with van der Waals surface area (Å²) in [5.74, 6) is 0.372. The van der Waals surface area contributed by atoms with Gasteiger partial charge in [0.15, 0.2) is 17.3 Å². The Balaban J connectivity index is 2.85. The number of ketones is 1. The quantitative estimate of drug-likeness (QED) is 0.438. The molecule has 4 heteroatoms. The number of phenolic OH excluding ortho intramolecular Hbond substituents is 2. The van der Waals surface area contributed by atoms with Crippen LogP contribution in [-0.4, -0.2) is 21.9 Å². The highest BCUT2D eigenvalue weighted by atomic mass is 16.3. The van der Waals surface area contributed by atoms with E-state index in [9.17, 15) is 9.59 Å². The Hall–Kier alpha value is -2.32. The number of aromatic hydroxyl groups is 2. The van der Waals surface area contributed by atoms with Crippen LogP contribution in [0.3, 0.4) is 0 Å². The van der Waals surface area contributed by atoms with Crippen molar-refractivity contribution in [3.8, 4) is 11.5 Å². The molecule has 0 fully saturated rings. The van der Waals surface area contributed by atoms with Crippen LogP contribution in [0.5, 0.6) is 11.5 Å². The van der Waals surface area contributed by atoms with Gasteiger partial charge in [0.05, 0.1) is 6.08 Å². The predicted octanol–water partition coefficient (Wildman–Crippen LogP) is 1.07. The zero-order valence-electron chi connectivity index (χ0n) is 7.68. The molecule has 0 aromatic heterocycles. The number of hydrogen-bond donors (Lipinski definition) is 2. The van der Waals surface area contributed by atoms with Gasteiger partial charge in [0.1, 0.15) is 5.94 Å². The molecule has 2 N–H and O–H groups in total. The minimum Gasteiger partial charge on any atom is -0.504 e. The minimum atomic E-state index is -0.488. The Kier molecular flexibility index (Phi) is 3.43. The Bertz CT molecular complexity index is 454. The topological polar surface area (TPSA) is 74.6 Å². The molecule has 0 heterocycles. The zero-order valence-corrected chi connectivity index (χ0v) is 7.68. The molecule has 0 saturated carbocycles. The smallest absolute Gasteiger partial charge is 0.189 e. The first-order chi connectivity index (χ1) is 7.13. The van der Waals surface area contributed by atoms with Crippen molar-refractivity contribution in [2.75, 3.05) is 0 Å². The van der Waals surface area contributed by atoms with E-state index in [1.54, 1.807) is 0 Å². The SMILES string of the molecule is O=C=CC(=O)/C=C/c1ccc(O)c(O)c1. The summed E-state index contributed by atoms with van der Waals surface area (Å²) in [5.41, 5.74) is 0.540. The lowest BCUT2D eigenvalue weighted by molar-refractivity contribution is -0.110. The molecule has 0 aliphatic carbocycles. The Morgan fingerprint density at radius 3 is 2.60 bits per heavy atom.